The van der Waals surface area contributed by atoms with Crippen LogP contribution in [-0.2, 0) is 5.92 Å². The normalized spacial score (nSPS) is 12.2. The van der Waals surface area contributed by atoms with Gasteiger partial charge in [0, 0.05) is 27.5 Å². The Morgan fingerprint density at radius 1 is 1.27 bits per heavy atom. The van der Waals surface area contributed by atoms with E-state index >= 15 is 0 Å². The van der Waals surface area contributed by atoms with Crippen molar-refractivity contribution in [3.05, 3.63) is 35.2 Å². The highest BCUT2D eigenvalue weighted by atomic mass is 32.1. The van der Waals surface area contributed by atoms with Gasteiger partial charge in [-0.05, 0) is 12.6 Å². The van der Waals surface area contributed by atoms with Crippen molar-refractivity contribution in [1.29, 1.82) is 0 Å². The van der Waals surface area contributed by atoms with E-state index in [1.54, 1.807) is 12.1 Å². The Hall–Kier alpha value is -1.00. The molecule has 80 valence electrons. The zero-order valence-corrected chi connectivity index (χ0v) is 8.86. The van der Waals surface area contributed by atoms with E-state index in [-0.39, 0.29) is 18.5 Å². The van der Waals surface area contributed by atoms with Crippen LogP contribution >= 0.6 is 11.3 Å². The molecule has 1 nitrogen and oxygen atoms in total. The Morgan fingerprint density at radius 3 is 2.73 bits per heavy atom. The summed E-state index contributed by atoms with van der Waals surface area (Å²) in [6, 6.07) is 7.20. The summed E-state index contributed by atoms with van der Waals surface area (Å²) in [4.78, 5) is 0. The van der Waals surface area contributed by atoms with Crippen LogP contribution in [0.1, 0.15) is 12.0 Å². The fourth-order valence-electron chi connectivity index (χ4n) is 1.58. The van der Waals surface area contributed by atoms with Gasteiger partial charge in [0.2, 0.25) is 0 Å². The minimum absolute atomic E-state index is 0.00280. The van der Waals surface area contributed by atoms with Gasteiger partial charge in [0.15, 0.2) is 0 Å². The summed E-state index contributed by atoms with van der Waals surface area (Å²) in [5, 5.41) is 2.17. The van der Waals surface area contributed by atoms with Crippen molar-refractivity contribution in [1.82, 2.24) is 0 Å². The third-order valence-corrected chi connectivity index (χ3v) is 3.30. The van der Waals surface area contributed by atoms with Crippen molar-refractivity contribution in [2.45, 2.75) is 12.3 Å². The molecule has 0 spiro atoms. The molecule has 0 aliphatic carbocycles. The number of alkyl halides is 2. The maximum absolute atomic E-state index is 13.6. The molecule has 2 rings (SSSR count). The zero-order chi connectivity index (χ0) is 10.9. The van der Waals surface area contributed by atoms with Gasteiger partial charge >= 0.3 is 0 Å². The van der Waals surface area contributed by atoms with E-state index in [9.17, 15) is 8.78 Å². The lowest BCUT2D eigenvalue weighted by atomic mass is 10.0. The number of hydrogen-bond acceptors (Lipinski definition) is 2. The maximum Gasteiger partial charge on any atom is 0.275 e. The third kappa shape index (κ3) is 1.87. The molecule has 0 unspecified atom stereocenters. The molecule has 2 N–H and O–H groups in total. The first-order valence-corrected chi connectivity index (χ1v) is 5.58. The Bertz CT molecular complexity index is 464. The second-order valence-electron chi connectivity index (χ2n) is 3.39. The first kappa shape index (κ1) is 10.5. The summed E-state index contributed by atoms with van der Waals surface area (Å²) in [7, 11) is 0. The monoisotopic (exact) mass is 227 g/mol. The Kier molecular flexibility index (Phi) is 2.71. The smallest absolute Gasteiger partial charge is 0.275 e. The molecule has 4 heteroatoms. The molecule has 15 heavy (non-hydrogen) atoms. The summed E-state index contributed by atoms with van der Waals surface area (Å²) in [6.45, 7) is -0.00280. The maximum atomic E-state index is 13.6. The number of rotatable bonds is 3. The highest BCUT2D eigenvalue weighted by Gasteiger charge is 2.32. The number of hydrogen-bond donors (Lipinski definition) is 1. The average molecular weight is 227 g/mol. The number of benzene rings is 1. The van der Waals surface area contributed by atoms with Crippen molar-refractivity contribution in [2.24, 2.45) is 5.73 Å². The third-order valence-electron chi connectivity index (χ3n) is 2.33. The van der Waals surface area contributed by atoms with E-state index in [2.05, 4.69) is 0 Å². The number of thiophene rings is 1. The van der Waals surface area contributed by atoms with Gasteiger partial charge in [0.1, 0.15) is 0 Å². The minimum Gasteiger partial charge on any atom is -0.330 e. The van der Waals surface area contributed by atoms with E-state index in [1.807, 2.05) is 12.1 Å². The quantitative estimate of drug-likeness (QED) is 0.855. The van der Waals surface area contributed by atoms with Gasteiger partial charge < -0.3 is 5.73 Å². The van der Waals surface area contributed by atoms with Crippen LogP contribution in [0.2, 0.25) is 0 Å². The highest BCUT2D eigenvalue weighted by Crippen LogP contribution is 2.39. The molecule has 0 saturated heterocycles. The van der Waals surface area contributed by atoms with Crippen molar-refractivity contribution >= 4 is 21.4 Å². The van der Waals surface area contributed by atoms with Crippen LogP contribution in [0, 0.1) is 0 Å². The van der Waals surface area contributed by atoms with Crippen molar-refractivity contribution in [3.8, 4) is 0 Å². The molecule has 0 aliphatic rings. The number of nitrogens with two attached hydrogens (primary N) is 1. The van der Waals surface area contributed by atoms with E-state index in [4.69, 9.17) is 5.73 Å². The molecule has 1 aromatic carbocycles. The largest absolute Gasteiger partial charge is 0.330 e. The van der Waals surface area contributed by atoms with Crippen LogP contribution in [0.3, 0.4) is 0 Å². The van der Waals surface area contributed by atoms with Crippen molar-refractivity contribution < 1.29 is 8.78 Å². The molecule has 1 aromatic heterocycles. The second kappa shape index (κ2) is 3.87. The van der Waals surface area contributed by atoms with E-state index in [0.717, 1.165) is 4.70 Å². The molecule has 0 aliphatic heterocycles. The lowest BCUT2D eigenvalue weighted by molar-refractivity contribution is -0.00877. The predicted octanol–water partition coefficient (Wildman–Crippen LogP) is 3.34. The second-order valence-corrected chi connectivity index (χ2v) is 4.30. The zero-order valence-electron chi connectivity index (χ0n) is 8.04. The van der Waals surface area contributed by atoms with Gasteiger partial charge in [0.05, 0.1) is 0 Å². The molecule has 0 bridgehead atoms. The van der Waals surface area contributed by atoms with Crippen LogP contribution in [0.4, 0.5) is 8.78 Å². The summed E-state index contributed by atoms with van der Waals surface area (Å²) >= 11 is 1.35. The van der Waals surface area contributed by atoms with Crippen molar-refractivity contribution in [2.75, 3.05) is 6.54 Å². The van der Waals surface area contributed by atoms with E-state index < -0.39 is 5.92 Å². The summed E-state index contributed by atoms with van der Waals surface area (Å²) in [5.74, 6) is -2.81. The van der Waals surface area contributed by atoms with Gasteiger partial charge in [0.25, 0.3) is 5.92 Å². The Morgan fingerprint density at radius 2 is 2.00 bits per heavy atom. The molecule has 0 saturated carbocycles. The van der Waals surface area contributed by atoms with Gasteiger partial charge in [-0.3, -0.25) is 0 Å². The van der Waals surface area contributed by atoms with Gasteiger partial charge in [-0.2, -0.15) is 0 Å². The Balaban J connectivity index is 2.52. The molecule has 0 fully saturated rings. The standard InChI is InChI=1S/C11H11F2NS/c12-11(13,5-6-14)9-7-15-10-4-2-1-3-8(9)10/h1-4,7H,5-6,14H2. The molecule has 1 heterocycles. The highest BCUT2D eigenvalue weighted by molar-refractivity contribution is 7.17. The van der Waals surface area contributed by atoms with Crippen LogP contribution in [0.5, 0.6) is 0 Å². The van der Waals surface area contributed by atoms with Crippen molar-refractivity contribution in [3.63, 3.8) is 0 Å². The minimum atomic E-state index is -2.81. The summed E-state index contributed by atoms with van der Waals surface area (Å²) in [6.07, 6.45) is -0.298. The SMILES string of the molecule is NCCC(F)(F)c1csc2ccccc12. The van der Waals surface area contributed by atoms with Gasteiger partial charge in [-0.15, -0.1) is 11.3 Å². The van der Waals surface area contributed by atoms with Crippen LogP contribution in [0.15, 0.2) is 29.6 Å². The lowest BCUT2D eigenvalue weighted by Crippen LogP contribution is -2.18. The van der Waals surface area contributed by atoms with Gasteiger partial charge in [-0.25, -0.2) is 8.78 Å². The molecule has 0 radical (unpaired) electrons. The van der Waals surface area contributed by atoms with Crippen LogP contribution in [-0.4, -0.2) is 6.54 Å². The Labute approximate surface area is 90.5 Å². The topological polar surface area (TPSA) is 26.0 Å². The lowest BCUT2D eigenvalue weighted by Gasteiger charge is -2.14. The molecular formula is C11H11F2NS. The molecule has 0 amide bonds. The van der Waals surface area contributed by atoms with E-state index in [0.29, 0.717) is 5.39 Å². The molecular weight excluding hydrogens is 216 g/mol. The predicted molar refractivity (Wildman–Crippen MR) is 59.4 cm³/mol. The summed E-state index contributed by atoms with van der Waals surface area (Å²) in [5.41, 5.74) is 5.29. The summed E-state index contributed by atoms with van der Waals surface area (Å²) < 4.78 is 28.2. The fourth-order valence-corrected chi connectivity index (χ4v) is 2.58. The van der Waals surface area contributed by atoms with Crippen LogP contribution in [0.25, 0.3) is 10.1 Å². The van der Waals surface area contributed by atoms with Crippen LogP contribution < -0.4 is 5.73 Å². The average Bonchev–Trinajstić information content (AvgIpc) is 2.61. The number of halogens is 2. The fraction of sp³-hybridized carbons (Fsp3) is 0.273. The first-order valence-electron chi connectivity index (χ1n) is 4.70. The number of fused-ring (bicyclic) bond motifs is 1. The van der Waals surface area contributed by atoms with E-state index in [1.165, 1.54) is 16.7 Å². The van der Waals surface area contributed by atoms with Gasteiger partial charge in [-0.1, -0.05) is 18.2 Å². The first-order chi connectivity index (χ1) is 7.15. The molecule has 2 aromatic rings. The molecule has 0 atom stereocenters.